The Hall–Kier alpha value is -3.74. The van der Waals surface area contributed by atoms with E-state index in [9.17, 15) is 9.59 Å². The number of para-hydroxylation sites is 1. The quantitative estimate of drug-likeness (QED) is 0.512. The molecule has 2 aromatic carbocycles. The second kappa shape index (κ2) is 8.07. The lowest BCUT2D eigenvalue weighted by Crippen LogP contribution is -2.25. The van der Waals surface area contributed by atoms with E-state index in [4.69, 9.17) is 4.52 Å². The van der Waals surface area contributed by atoms with Crippen molar-refractivity contribution in [3.05, 3.63) is 87.3 Å². The van der Waals surface area contributed by atoms with Crippen LogP contribution in [0.2, 0.25) is 0 Å². The second-order valence-corrected chi connectivity index (χ2v) is 8.51. The number of carbonyl (C=O) groups is 1. The Morgan fingerprint density at radius 1 is 1.19 bits per heavy atom. The zero-order valence-electron chi connectivity index (χ0n) is 18.1. The monoisotopic (exact) mass is 428 g/mol. The number of benzene rings is 2. The highest BCUT2D eigenvalue weighted by molar-refractivity contribution is 6.06. The van der Waals surface area contributed by atoms with Gasteiger partial charge >= 0.3 is 0 Å². The van der Waals surface area contributed by atoms with Crippen LogP contribution in [0.25, 0.3) is 10.9 Å². The first-order valence-corrected chi connectivity index (χ1v) is 10.9. The van der Waals surface area contributed by atoms with E-state index < -0.39 is 5.91 Å². The Balaban J connectivity index is 1.36. The number of hydrogen-bond acceptors (Lipinski definition) is 5. The van der Waals surface area contributed by atoms with E-state index in [1.165, 1.54) is 0 Å². The normalized spacial score (nSPS) is 13.0. The molecule has 162 valence electrons. The molecule has 1 amide bonds. The average Bonchev–Trinajstić information content (AvgIpc) is 3.26. The van der Waals surface area contributed by atoms with E-state index in [-0.39, 0.29) is 16.9 Å². The Bertz CT molecular complexity index is 1370. The van der Waals surface area contributed by atoms with Crippen molar-refractivity contribution >= 4 is 22.5 Å². The molecule has 1 aliphatic heterocycles. The fourth-order valence-corrected chi connectivity index (χ4v) is 4.18. The maximum Gasteiger partial charge on any atom is 0.261 e. The summed E-state index contributed by atoms with van der Waals surface area (Å²) in [6.45, 7) is 4.81. The smallest absolute Gasteiger partial charge is 0.261 e. The van der Waals surface area contributed by atoms with Gasteiger partial charge in [0.15, 0.2) is 5.82 Å². The van der Waals surface area contributed by atoms with Gasteiger partial charge in [0.2, 0.25) is 11.3 Å². The third-order valence-corrected chi connectivity index (χ3v) is 5.82. The van der Waals surface area contributed by atoms with Gasteiger partial charge in [0.25, 0.3) is 5.91 Å². The molecule has 0 saturated heterocycles. The number of rotatable bonds is 5. The average molecular weight is 428 g/mol. The van der Waals surface area contributed by atoms with Crippen LogP contribution in [0.4, 0.5) is 5.69 Å². The third-order valence-electron chi connectivity index (χ3n) is 5.82. The van der Waals surface area contributed by atoms with Gasteiger partial charge in [-0.2, -0.15) is 4.98 Å². The highest BCUT2D eigenvalue weighted by atomic mass is 16.5. The lowest BCUT2D eigenvalue weighted by Gasteiger charge is -2.20. The summed E-state index contributed by atoms with van der Waals surface area (Å²) in [5, 5.41) is 7.47. The summed E-state index contributed by atoms with van der Waals surface area (Å²) in [6, 6.07) is 13.2. The van der Waals surface area contributed by atoms with Crippen molar-refractivity contribution in [3.63, 3.8) is 0 Å². The molecule has 0 spiro atoms. The zero-order valence-corrected chi connectivity index (χ0v) is 18.1. The minimum Gasteiger partial charge on any atom is -0.346 e. The van der Waals surface area contributed by atoms with Gasteiger partial charge in [-0.25, -0.2) is 0 Å². The fourth-order valence-electron chi connectivity index (χ4n) is 4.18. The number of pyridine rings is 1. The van der Waals surface area contributed by atoms with Crippen LogP contribution >= 0.6 is 0 Å². The predicted octanol–water partition coefficient (Wildman–Crippen LogP) is 4.30. The number of amides is 1. The zero-order chi connectivity index (χ0) is 22.2. The van der Waals surface area contributed by atoms with Gasteiger partial charge in [-0.1, -0.05) is 43.3 Å². The molecule has 7 heteroatoms. The molecule has 3 heterocycles. The van der Waals surface area contributed by atoms with Crippen LogP contribution < -0.4 is 10.7 Å². The van der Waals surface area contributed by atoms with Crippen LogP contribution in [0.3, 0.4) is 0 Å². The number of nitrogens with zero attached hydrogens (tertiary/aromatic N) is 3. The van der Waals surface area contributed by atoms with E-state index in [0.717, 1.165) is 36.0 Å². The Labute approximate surface area is 185 Å². The van der Waals surface area contributed by atoms with Crippen molar-refractivity contribution in [2.45, 2.75) is 45.6 Å². The van der Waals surface area contributed by atoms with Gasteiger partial charge in [-0.3, -0.25) is 9.59 Å². The van der Waals surface area contributed by atoms with Crippen molar-refractivity contribution in [3.8, 4) is 0 Å². The van der Waals surface area contributed by atoms with Gasteiger partial charge in [0, 0.05) is 36.2 Å². The number of hydrogen-bond donors (Lipinski definition) is 1. The van der Waals surface area contributed by atoms with Gasteiger partial charge in [-0.05, 0) is 42.2 Å². The largest absolute Gasteiger partial charge is 0.346 e. The molecule has 5 rings (SSSR count). The van der Waals surface area contributed by atoms with E-state index in [1.54, 1.807) is 12.3 Å². The molecule has 0 aliphatic carbocycles. The van der Waals surface area contributed by atoms with E-state index >= 15 is 0 Å². The summed E-state index contributed by atoms with van der Waals surface area (Å²) in [5.41, 5.74) is 3.67. The van der Waals surface area contributed by atoms with Gasteiger partial charge in [0.1, 0.15) is 5.56 Å². The molecule has 0 atom stereocenters. The molecule has 2 aromatic heterocycles. The molecule has 7 nitrogen and oxygen atoms in total. The summed E-state index contributed by atoms with van der Waals surface area (Å²) < 4.78 is 7.28. The molecule has 32 heavy (non-hydrogen) atoms. The first-order chi connectivity index (χ1) is 15.5. The lowest BCUT2D eigenvalue weighted by molar-refractivity contribution is 0.102. The van der Waals surface area contributed by atoms with Crippen LogP contribution in [-0.4, -0.2) is 20.6 Å². The molecule has 0 unspecified atom stereocenters. The number of carbonyl (C=O) groups excluding carboxylic acids is 1. The Kier molecular flexibility index (Phi) is 5.09. The lowest BCUT2D eigenvalue weighted by atomic mass is 9.99. The van der Waals surface area contributed by atoms with Gasteiger partial charge in [0.05, 0.1) is 5.52 Å². The van der Waals surface area contributed by atoms with E-state index in [0.29, 0.717) is 29.2 Å². The number of aryl methyl sites for hydroxylation is 2. The molecule has 0 bridgehead atoms. The topological polar surface area (TPSA) is 90.0 Å². The van der Waals surface area contributed by atoms with Crippen LogP contribution in [0.1, 0.15) is 59.4 Å². The molecule has 1 N–H and O–H groups in total. The summed E-state index contributed by atoms with van der Waals surface area (Å²) in [4.78, 5) is 30.3. The van der Waals surface area contributed by atoms with Crippen molar-refractivity contribution in [1.82, 2.24) is 14.7 Å². The van der Waals surface area contributed by atoms with Crippen LogP contribution in [0.5, 0.6) is 0 Å². The minimum absolute atomic E-state index is 0.161. The number of nitrogens with one attached hydrogen (secondary N) is 1. The number of anilines is 1. The first kappa shape index (κ1) is 20.2. The molecule has 0 fully saturated rings. The predicted molar refractivity (Wildman–Crippen MR) is 122 cm³/mol. The van der Waals surface area contributed by atoms with Crippen molar-refractivity contribution < 1.29 is 9.32 Å². The summed E-state index contributed by atoms with van der Waals surface area (Å²) in [6.07, 6.45) is 4.19. The van der Waals surface area contributed by atoms with E-state index in [2.05, 4.69) is 21.5 Å². The van der Waals surface area contributed by atoms with E-state index in [1.807, 2.05) is 48.7 Å². The maximum atomic E-state index is 13.0. The standard InChI is InChI=1S/C25H24N4O3/c1-15(2)25-27-21(28-32-25)13-16-8-10-18(11-9-16)26-24(31)20-14-29-12-4-6-17-5-3-7-19(22(17)29)23(20)30/h3,5,7-11,14-15H,4,6,12-13H2,1-2H3,(H,26,31). The molecule has 0 radical (unpaired) electrons. The Morgan fingerprint density at radius 2 is 2.00 bits per heavy atom. The van der Waals surface area contributed by atoms with Crippen LogP contribution in [-0.2, 0) is 19.4 Å². The molecular formula is C25H24N4O3. The summed E-state index contributed by atoms with van der Waals surface area (Å²) >= 11 is 0. The van der Waals surface area contributed by atoms with Crippen LogP contribution in [0, 0.1) is 0 Å². The third kappa shape index (κ3) is 3.70. The first-order valence-electron chi connectivity index (χ1n) is 10.9. The van der Waals surface area contributed by atoms with Gasteiger partial charge < -0.3 is 14.4 Å². The maximum absolute atomic E-state index is 13.0. The SMILES string of the molecule is CC(C)c1nc(Cc2ccc(NC(=O)c3cn4c5c(cccc5c3=O)CCC4)cc2)no1. The van der Waals surface area contributed by atoms with Crippen molar-refractivity contribution in [2.75, 3.05) is 5.32 Å². The van der Waals surface area contributed by atoms with Crippen molar-refractivity contribution in [1.29, 1.82) is 0 Å². The number of aromatic nitrogens is 3. The fraction of sp³-hybridized carbons (Fsp3) is 0.280. The van der Waals surface area contributed by atoms with Gasteiger partial charge in [-0.15, -0.1) is 0 Å². The molecule has 0 saturated carbocycles. The Morgan fingerprint density at radius 3 is 2.75 bits per heavy atom. The minimum atomic E-state index is -0.399. The second-order valence-electron chi connectivity index (χ2n) is 8.51. The molecule has 4 aromatic rings. The van der Waals surface area contributed by atoms with Crippen molar-refractivity contribution in [2.24, 2.45) is 0 Å². The summed E-state index contributed by atoms with van der Waals surface area (Å²) in [7, 11) is 0. The summed E-state index contributed by atoms with van der Waals surface area (Å²) in [5.74, 6) is 1.04. The molecular weight excluding hydrogens is 404 g/mol. The van der Waals surface area contributed by atoms with Crippen LogP contribution in [0.15, 0.2) is 58.0 Å². The highest BCUT2D eigenvalue weighted by Crippen LogP contribution is 2.24. The highest BCUT2D eigenvalue weighted by Gasteiger charge is 2.19. The molecule has 1 aliphatic rings.